The van der Waals surface area contributed by atoms with E-state index in [-0.39, 0.29) is 36.8 Å². The molecule has 0 heterocycles. The zero-order valence-electron chi connectivity index (χ0n) is 9.55. The zero-order valence-corrected chi connectivity index (χ0v) is 9.55. The number of carbonyl (C=O) groups is 2. The van der Waals surface area contributed by atoms with Crippen LogP contribution in [0.3, 0.4) is 0 Å². The van der Waals surface area contributed by atoms with Crippen molar-refractivity contribution < 1.29 is 24.5 Å². The maximum Gasteiger partial charge on any atom is 0.251 e. The third kappa shape index (κ3) is 4.30. The van der Waals surface area contributed by atoms with Crippen LogP contribution in [0.5, 0.6) is 11.5 Å². The molecule has 5 N–H and O–H groups in total. The highest BCUT2D eigenvalue weighted by Crippen LogP contribution is 2.24. The van der Waals surface area contributed by atoms with Crippen LogP contribution in [0.1, 0.15) is 10.4 Å². The average molecular weight is 254 g/mol. The van der Waals surface area contributed by atoms with Crippen molar-refractivity contribution in [2.45, 2.75) is 0 Å². The third-order valence-corrected chi connectivity index (χ3v) is 2.01. The minimum absolute atomic E-state index is 0.152. The van der Waals surface area contributed by atoms with E-state index in [0.29, 0.717) is 0 Å². The van der Waals surface area contributed by atoms with Gasteiger partial charge in [0.15, 0.2) is 11.5 Å². The van der Waals surface area contributed by atoms with E-state index in [1.807, 2.05) is 0 Å². The molecule has 0 fully saturated rings. The van der Waals surface area contributed by atoms with Gasteiger partial charge < -0.3 is 26.0 Å². The lowest BCUT2D eigenvalue weighted by atomic mass is 10.2. The molecular formula is C11H14N2O5. The van der Waals surface area contributed by atoms with Gasteiger partial charge in [0.2, 0.25) is 5.91 Å². The van der Waals surface area contributed by atoms with Crippen LogP contribution in [0.4, 0.5) is 0 Å². The van der Waals surface area contributed by atoms with E-state index in [9.17, 15) is 14.7 Å². The number of hydrogen-bond donors (Lipinski definition) is 4. The van der Waals surface area contributed by atoms with Gasteiger partial charge in [0.25, 0.3) is 5.91 Å². The molecule has 7 nitrogen and oxygen atoms in total. The number of rotatable bonds is 6. The number of ether oxygens (including phenoxy) is 1. The molecule has 1 aromatic rings. The Hall–Kier alpha value is -2.28. The number of nitrogens with two attached hydrogens (primary N) is 1. The normalized spacial score (nSPS) is 10.0. The highest BCUT2D eigenvalue weighted by atomic mass is 16.5. The molecule has 1 aromatic carbocycles. The second kappa shape index (κ2) is 6.45. The molecule has 0 radical (unpaired) electrons. The number of hydrogen-bond acceptors (Lipinski definition) is 5. The summed E-state index contributed by atoms with van der Waals surface area (Å²) in [6, 6.07) is 3.73. The lowest BCUT2D eigenvalue weighted by Crippen LogP contribution is -2.28. The van der Waals surface area contributed by atoms with Gasteiger partial charge in [-0.3, -0.25) is 9.59 Å². The predicted octanol–water partition coefficient (Wildman–Crippen LogP) is -0.671. The van der Waals surface area contributed by atoms with Crippen LogP contribution >= 0.6 is 0 Å². The molecular weight excluding hydrogens is 240 g/mol. The van der Waals surface area contributed by atoms with E-state index in [1.165, 1.54) is 12.1 Å². The average Bonchev–Trinajstić information content (AvgIpc) is 2.31. The molecule has 0 aromatic heterocycles. The second-order valence-electron chi connectivity index (χ2n) is 3.48. The number of carbonyl (C=O) groups excluding carboxylic acids is 2. The van der Waals surface area contributed by atoms with Crippen molar-refractivity contribution in [2.24, 2.45) is 5.73 Å². The predicted molar refractivity (Wildman–Crippen MR) is 62.1 cm³/mol. The number of benzene rings is 1. The van der Waals surface area contributed by atoms with E-state index in [1.54, 1.807) is 0 Å². The molecule has 0 saturated carbocycles. The fourth-order valence-corrected chi connectivity index (χ4v) is 1.18. The summed E-state index contributed by atoms with van der Waals surface area (Å²) in [5, 5.41) is 20.8. The second-order valence-corrected chi connectivity index (χ2v) is 3.48. The summed E-state index contributed by atoms with van der Waals surface area (Å²) in [5.74, 6) is -1.67. The first-order chi connectivity index (χ1) is 8.50. The SMILES string of the molecule is NC(=O)COCCNC(=O)c1ccc(O)c(O)c1. The molecule has 0 bridgehead atoms. The molecule has 0 atom stereocenters. The minimum Gasteiger partial charge on any atom is -0.504 e. The quantitative estimate of drug-likeness (QED) is 0.396. The van der Waals surface area contributed by atoms with Crippen molar-refractivity contribution in [3.8, 4) is 11.5 Å². The molecule has 98 valence electrons. The summed E-state index contributed by atoms with van der Waals surface area (Å²) in [6.07, 6.45) is 0. The van der Waals surface area contributed by atoms with Gasteiger partial charge in [-0.15, -0.1) is 0 Å². The Bertz CT molecular complexity index is 447. The summed E-state index contributed by atoms with van der Waals surface area (Å²) in [6.45, 7) is 0.155. The molecule has 0 spiro atoms. The first-order valence-electron chi connectivity index (χ1n) is 5.17. The van der Waals surface area contributed by atoms with E-state index < -0.39 is 11.8 Å². The fraction of sp³-hybridized carbons (Fsp3) is 0.273. The molecule has 0 saturated heterocycles. The summed E-state index contributed by atoms with van der Waals surface area (Å²) >= 11 is 0. The van der Waals surface area contributed by atoms with E-state index in [4.69, 9.17) is 15.6 Å². The van der Waals surface area contributed by atoms with Gasteiger partial charge >= 0.3 is 0 Å². The van der Waals surface area contributed by atoms with Gasteiger partial charge in [-0.05, 0) is 18.2 Å². The summed E-state index contributed by atoms with van der Waals surface area (Å²) in [4.78, 5) is 21.9. The van der Waals surface area contributed by atoms with Gasteiger partial charge in [-0.25, -0.2) is 0 Å². The van der Waals surface area contributed by atoms with Crippen LogP contribution in [0.15, 0.2) is 18.2 Å². The molecule has 0 aliphatic heterocycles. The van der Waals surface area contributed by atoms with Gasteiger partial charge in [0.1, 0.15) is 6.61 Å². The van der Waals surface area contributed by atoms with Crippen LogP contribution in [0, 0.1) is 0 Å². The lowest BCUT2D eigenvalue weighted by molar-refractivity contribution is -0.122. The Balaban J connectivity index is 2.36. The Morgan fingerprint density at radius 1 is 1.28 bits per heavy atom. The number of nitrogens with one attached hydrogen (secondary N) is 1. The Kier molecular flexibility index (Phi) is 4.94. The van der Waals surface area contributed by atoms with Gasteiger partial charge in [0, 0.05) is 12.1 Å². The van der Waals surface area contributed by atoms with Crippen LogP contribution in [0.25, 0.3) is 0 Å². The molecule has 0 unspecified atom stereocenters. The minimum atomic E-state index is -0.579. The highest BCUT2D eigenvalue weighted by molar-refractivity contribution is 5.94. The van der Waals surface area contributed by atoms with E-state index in [2.05, 4.69) is 5.32 Å². The fourth-order valence-electron chi connectivity index (χ4n) is 1.18. The zero-order chi connectivity index (χ0) is 13.5. The summed E-state index contributed by atoms with van der Waals surface area (Å²) < 4.78 is 4.85. The maximum absolute atomic E-state index is 11.6. The van der Waals surface area contributed by atoms with Crippen molar-refractivity contribution >= 4 is 11.8 Å². The molecule has 1 rings (SSSR count). The first kappa shape index (κ1) is 13.8. The number of primary amides is 1. The molecule has 18 heavy (non-hydrogen) atoms. The topological polar surface area (TPSA) is 122 Å². The maximum atomic E-state index is 11.6. The van der Waals surface area contributed by atoms with Crippen molar-refractivity contribution in [2.75, 3.05) is 19.8 Å². The molecule has 0 aliphatic rings. The number of amides is 2. The standard InChI is InChI=1S/C11H14N2O5/c12-10(16)6-18-4-3-13-11(17)7-1-2-8(14)9(15)5-7/h1-2,5,14-15H,3-4,6H2,(H2,12,16)(H,13,17). The largest absolute Gasteiger partial charge is 0.504 e. The van der Waals surface area contributed by atoms with E-state index in [0.717, 1.165) is 6.07 Å². The molecule has 7 heteroatoms. The van der Waals surface area contributed by atoms with Crippen LogP contribution < -0.4 is 11.1 Å². The summed E-state index contributed by atoms with van der Waals surface area (Å²) in [5.41, 5.74) is 5.06. The van der Waals surface area contributed by atoms with Crippen molar-refractivity contribution in [1.82, 2.24) is 5.32 Å². The Morgan fingerprint density at radius 3 is 2.61 bits per heavy atom. The van der Waals surface area contributed by atoms with Gasteiger partial charge in [0.05, 0.1) is 6.61 Å². The molecule has 2 amide bonds. The smallest absolute Gasteiger partial charge is 0.251 e. The van der Waals surface area contributed by atoms with Gasteiger partial charge in [-0.2, -0.15) is 0 Å². The van der Waals surface area contributed by atoms with Crippen molar-refractivity contribution in [1.29, 1.82) is 0 Å². The van der Waals surface area contributed by atoms with Crippen molar-refractivity contribution in [3.63, 3.8) is 0 Å². The van der Waals surface area contributed by atoms with Crippen LogP contribution in [-0.2, 0) is 9.53 Å². The first-order valence-corrected chi connectivity index (χ1v) is 5.17. The molecule has 0 aliphatic carbocycles. The Morgan fingerprint density at radius 2 is 2.00 bits per heavy atom. The Labute approximate surface area is 103 Å². The van der Waals surface area contributed by atoms with Crippen LogP contribution in [-0.4, -0.2) is 41.8 Å². The monoisotopic (exact) mass is 254 g/mol. The van der Waals surface area contributed by atoms with Crippen molar-refractivity contribution in [3.05, 3.63) is 23.8 Å². The summed E-state index contributed by atoms with van der Waals surface area (Å²) in [7, 11) is 0. The van der Waals surface area contributed by atoms with E-state index >= 15 is 0 Å². The number of phenols is 2. The third-order valence-electron chi connectivity index (χ3n) is 2.01. The van der Waals surface area contributed by atoms with Crippen LogP contribution in [0.2, 0.25) is 0 Å². The highest BCUT2D eigenvalue weighted by Gasteiger charge is 2.08. The number of aromatic hydroxyl groups is 2. The number of phenolic OH excluding ortho intramolecular Hbond substituents is 2. The lowest BCUT2D eigenvalue weighted by Gasteiger charge is -2.06. The van der Waals surface area contributed by atoms with Gasteiger partial charge in [-0.1, -0.05) is 0 Å².